The Kier molecular flexibility index (Phi) is 5.45. The summed E-state index contributed by atoms with van der Waals surface area (Å²) >= 11 is 0. The molecule has 0 fully saturated rings. The van der Waals surface area contributed by atoms with Crippen LogP contribution < -0.4 is 26.8 Å². The van der Waals surface area contributed by atoms with Crippen LogP contribution in [0.4, 0.5) is 21.5 Å². The molecule has 1 amide bonds. The molecule has 0 spiro atoms. The lowest BCUT2D eigenvalue weighted by molar-refractivity contribution is 0.0913. The molecule has 0 radical (unpaired) electrons. The summed E-state index contributed by atoms with van der Waals surface area (Å²) in [6.07, 6.45) is 2.41. The summed E-state index contributed by atoms with van der Waals surface area (Å²) in [5, 5.41) is 8.60. The molecule has 0 saturated carbocycles. The fraction of sp³-hybridized carbons (Fsp3) is 0.238. The van der Waals surface area contributed by atoms with Crippen molar-refractivity contribution in [1.29, 1.82) is 0 Å². The van der Waals surface area contributed by atoms with Gasteiger partial charge < -0.3 is 16.0 Å². The van der Waals surface area contributed by atoms with Crippen LogP contribution in [0.5, 0.6) is 0 Å². The van der Waals surface area contributed by atoms with Crippen molar-refractivity contribution in [2.24, 2.45) is 5.41 Å². The van der Waals surface area contributed by atoms with Crippen LogP contribution in [0.1, 0.15) is 31.1 Å². The van der Waals surface area contributed by atoms with E-state index in [4.69, 9.17) is 0 Å². The van der Waals surface area contributed by atoms with Crippen LogP contribution in [-0.2, 0) is 0 Å². The second kappa shape index (κ2) is 7.83. The quantitative estimate of drug-likeness (QED) is 0.438. The second-order valence-electron chi connectivity index (χ2n) is 7.70. The number of anilines is 3. The van der Waals surface area contributed by atoms with Gasteiger partial charge in [0.25, 0.3) is 16.8 Å². The highest BCUT2D eigenvalue weighted by molar-refractivity contribution is 5.94. The lowest BCUT2D eigenvalue weighted by atomic mass is 9.91. The number of carbonyl (C=O) groups excluding carboxylic acids is 1. The third kappa shape index (κ3) is 4.48. The van der Waals surface area contributed by atoms with Crippen molar-refractivity contribution in [1.82, 2.24) is 10.3 Å². The van der Waals surface area contributed by atoms with Crippen molar-refractivity contribution in [2.45, 2.75) is 26.9 Å². The molecule has 7 nitrogen and oxygen atoms in total. The third-order valence-corrected chi connectivity index (χ3v) is 4.36. The highest BCUT2D eigenvalue weighted by atomic mass is 19.1. The van der Waals surface area contributed by atoms with Gasteiger partial charge in [-0.25, -0.2) is 4.39 Å². The van der Waals surface area contributed by atoms with Crippen LogP contribution >= 0.6 is 0 Å². The van der Waals surface area contributed by atoms with E-state index in [0.717, 1.165) is 6.07 Å². The first-order chi connectivity index (χ1) is 13.7. The van der Waals surface area contributed by atoms with Gasteiger partial charge in [-0.05, 0) is 30.3 Å². The number of nitrogens with one attached hydrogen (secondary N) is 3. The molecule has 3 rings (SSSR count). The van der Waals surface area contributed by atoms with Gasteiger partial charge in [-0.3, -0.25) is 19.4 Å². The Morgan fingerprint density at radius 1 is 1.07 bits per heavy atom. The van der Waals surface area contributed by atoms with E-state index in [-0.39, 0.29) is 16.9 Å². The molecular weight excluding hydrogens is 375 g/mol. The van der Waals surface area contributed by atoms with Crippen LogP contribution in [0.2, 0.25) is 0 Å². The molecule has 0 bridgehead atoms. The average molecular weight is 396 g/mol. The molecule has 0 saturated heterocycles. The van der Waals surface area contributed by atoms with Crippen molar-refractivity contribution >= 4 is 23.0 Å². The number of benzene rings is 1. The van der Waals surface area contributed by atoms with E-state index < -0.39 is 34.2 Å². The minimum atomic E-state index is -0.698. The van der Waals surface area contributed by atoms with Gasteiger partial charge in [0.05, 0.1) is 11.9 Å². The molecule has 0 aliphatic rings. The van der Waals surface area contributed by atoms with E-state index >= 15 is 0 Å². The molecule has 8 heteroatoms. The average Bonchev–Trinajstić information content (AvgIpc) is 2.69. The summed E-state index contributed by atoms with van der Waals surface area (Å²) in [5.41, 5.74) is -0.950. The van der Waals surface area contributed by atoms with Crippen molar-refractivity contribution in [3.63, 3.8) is 0 Å². The van der Waals surface area contributed by atoms with Crippen molar-refractivity contribution in [2.75, 3.05) is 10.6 Å². The highest BCUT2D eigenvalue weighted by Crippen LogP contribution is 2.26. The van der Waals surface area contributed by atoms with Gasteiger partial charge in [-0.15, -0.1) is 0 Å². The summed E-state index contributed by atoms with van der Waals surface area (Å²) in [6, 6.07) is 8.71. The third-order valence-electron chi connectivity index (χ3n) is 4.36. The zero-order valence-electron chi connectivity index (χ0n) is 16.2. The lowest BCUT2D eigenvalue weighted by Gasteiger charge is -2.33. The van der Waals surface area contributed by atoms with E-state index in [1.165, 1.54) is 24.4 Å². The van der Waals surface area contributed by atoms with Crippen molar-refractivity contribution in [3.05, 3.63) is 80.6 Å². The number of halogens is 1. The van der Waals surface area contributed by atoms with Crippen molar-refractivity contribution < 1.29 is 9.18 Å². The topological polar surface area (TPSA) is 100 Å². The number of rotatable bonds is 6. The number of hydrogen-bond donors (Lipinski definition) is 3. The molecule has 1 atom stereocenters. The minimum Gasteiger partial charge on any atom is -0.360 e. The first-order valence-electron chi connectivity index (χ1n) is 9.00. The Bertz CT molecular complexity index is 1100. The molecule has 150 valence electrons. The van der Waals surface area contributed by atoms with Gasteiger partial charge in [-0.1, -0.05) is 26.8 Å². The Morgan fingerprint density at radius 2 is 1.79 bits per heavy atom. The number of aromatic nitrogens is 1. The SMILES string of the molecule is CC(C)(C)C(NC(=O)c1cccc(F)c1)Nc1c(Nc2cccnc2)c(=O)c1=O. The van der Waals surface area contributed by atoms with Crippen LogP contribution in [0.15, 0.2) is 58.4 Å². The Labute approximate surface area is 166 Å². The van der Waals surface area contributed by atoms with E-state index in [9.17, 15) is 18.8 Å². The summed E-state index contributed by atoms with van der Waals surface area (Å²) in [6.45, 7) is 5.57. The molecule has 3 aromatic rings. The second-order valence-corrected chi connectivity index (χ2v) is 7.70. The summed E-state index contributed by atoms with van der Waals surface area (Å²) < 4.78 is 13.4. The number of carbonyl (C=O) groups is 1. The van der Waals surface area contributed by atoms with Gasteiger partial charge in [0.15, 0.2) is 0 Å². The first kappa shape index (κ1) is 20.2. The van der Waals surface area contributed by atoms with E-state index in [2.05, 4.69) is 20.9 Å². The van der Waals surface area contributed by atoms with Gasteiger partial charge in [0, 0.05) is 17.2 Å². The fourth-order valence-electron chi connectivity index (χ4n) is 2.69. The first-order valence-corrected chi connectivity index (χ1v) is 9.00. The molecule has 29 heavy (non-hydrogen) atoms. The van der Waals surface area contributed by atoms with Crippen LogP contribution in [0.25, 0.3) is 0 Å². The van der Waals surface area contributed by atoms with Gasteiger partial charge in [0.2, 0.25) is 0 Å². The molecular formula is C21H21FN4O3. The zero-order chi connectivity index (χ0) is 21.2. The number of nitrogens with zero attached hydrogens (tertiary/aromatic N) is 1. The normalized spacial score (nSPS) is 12.4. The Balaban J connectivity index is 1.83. The number of hydrogen-bond acceptors (Lipinski definition) is 6. The fourth-order valence-corrected chi connectivity index (χ4v) is 2.69. The summed E-state index contributed by atoms with van der Waals surface area (Å²) in [5.74, 6) is -1.03. The maximum absolute atomic E-state index is 13.4. The van der Waals surface area contributed by atoms with Crippen LogP contribution in [0.3, 0.4) is 0 Å². The van der Waals surface area contributed by atoms with Gasteiger partial charge in [-0.2, -0.15) is 0 Å². The van der Waals surface area contributed by atoms with E-state index in [1.54, 1.807) is 18.3 Å². The lowest BCUT2D eigenvalue weighted by Crippen LogP contribution is -2.51. The maximum atomic E-state index is 13.4. The predicted molar refractivity (Wildman–Crippen MR) is 110 cm³/mol. The van der Waals surface area contributed by atoms with Crippen LogP contribution in [0, 0.1) is 11.2 Å². The molecule has 3 N–H and O–H groups in total. The number of pyridine rings is 1. The number of amides is 1. The van der Waals surface area contributed by atoms with Gasteiger partial charge >= 0.3 is 0 Å². The smallest absolute Gasteiger partial charge is 0.253 e. The molecule has 2 aromatic carbocycles. The minimum absolute atomic E-state index is 0.0818. The standard InChI is InChI=1S/C21H21FN4O3/c1-21(2,3)20(26-19(29)12-6-4-7-13(22)10-12)25-16-15(17(27)18(16)28)24-14-8-5-9-23-11-14/h4-11,20,24-25H,1-3H3,(H,26,29). The maximum Gasteiger partial charge on any atom is 0.253 e. The Hall–Kier alpha value is -3.55. The summed E-state index contributed by atoms with van der Waals surface area (Å²) in [4.78, 5) is 40.7. The molecule has 0 aliphatic heterocycles. The van der Waals surface area contributed by atoms with E-state index in [1.807, 2.05) is 20.8 Å². The summed E-state index contributed by atoms with van der Waals surface area (Å²) in [7, 11) is 0. The van der Waals surface area contributed by atoms with E-state index in [0.29, 0.717) is 5.69 Å². The van der Waals surface area contributed by atoms with Crippen molar-refractivity contribution in [3.8, 4) is 0 Å². The van der Waals surface area contributed by atoms with Gasteiger partial charge in [0.1, 0.15) is 23.4 Å². The molecule has 1 heterocycles. The monoisotopic (exact) mass is 396 g/mol. The highest BCUT2D eigenvalue weighted by Gasteiger charge is 2.31. The Morgan fingerprint density at radius 3 is 2.41 bits per heavy atom. The molecule has 1 unspecified atom stereocenters. The molecule has 1 aromatic heterocycles. The zero-order valence-corrected chi connectivity index (χ0v) is 16.2. The largest absolute Gasteiger partial charge is 0.360 e. The predicted octanol–water partition coefficient (Wildman–Crippen LogP) is 2.77. The van der Waals surface area contributed by atoms with Crippen LogP contribution in [-0.4, -0.2) is 17.1 Å². The molecule has 0 aliphatic carbocycles.